The van der Waals surface area contributed by atoms with E-state index in [-0.39, 0.29) is 17.8 Å². The van der Waals surface area contributed by atoms with E-state index >= 15 is 0 Å². The summed E-state index contributed by atoms with van der Waals surface area (Å²) in [6.07, 6.45) is 2.88. The molecule has 0 saturated heterocycles. The first kappa shape index (κ1) is 12.6. The van der Waals surface area contributed by atoms with Crippen molar-refractivity contribution in [3.05, 3.63) is 39.0 Å². The molecule has 0 spiro atoms. The number of aromatic nitrogens is 6. The molecule has 0 amide bonds. The van der Waals surface area contributed by atoms with E-state index in [1.54, 1.807) is 0 Å². The molecule has 0 atom stereocenters. The van der Waals surface area contributed by atoms with Gasteiger partial charge in [-0.15, -0.1) is 5.10 Å². The first-order valence-corrected chi connectivity index (χ1v) is 6.75. The number of aldehydes is 1. The van der Waals surface area contributed by atoms with Crippen LogP contribution in [0.2, 0.25) is 0 Å². The predicted molar refractivity (Wildman–Crippen MR) is 71.0 cm³/mol. The van der Waals surface area contributed by atoms with Crippen LogP contribution in [0.25, 0.3) is 4.96 Å². The molecule has 0 fully saturated rings. The highest BCUT2D eigenvalue weighted by atomic mass is 32.1. The molecule has 3 heterocycles. The molecule has 0 N–H and O–H groups in total. The standard InChI is InChI=1S/C11H10N6O2S/c1-2-9-14-17-10(19)3-7(12-11(17)20-9)4-16-5-8(6-18)13-15-16/h3,5-6H,2,4H2,1H3. The zero-order valence-electron chi connectivity index (χ0n) is 10.6. The van der Waals surface area contributed by atoms with Crippen LogP contribution in [0.15, 0.2) is 17.1 Å². The summed E-state index contributed by atoms with van der Waals surface area (Å²) < 4.78 is 2.76. The highest BCUT2D eigenvalue weighted by molar-refractivity contribution is 7.16. The van der Waals surface area contributed by atoms with E-state index in [0.29, 0.717) is 16.9 Å². The molecule has 0 bridgehead atoms. The number of fused-ring (bicyclic) bond motifs is 1. The van der Waals surface area contributed by atoms with Crippen molar-refractivity contribution in [1.82, 2.24) is 29.6 Å². The quantitative estimate of drug-likeness (QED) is 0.635. The van der Waals surface area contributed by atoms with Crippen molar-refractivity contribution in [3.63, 3.8) is 0 Å². The van der Waals surface area contributed by atoms with Crippen LogP contribution in [0, 0.1) is 0 Å². The molecule has 0 aliphatic heterocycles. The molecule has 0 aliphatic carbocycles. The monoisotopic (exact) mass is 290 g/mol. The van der Waals surface area contributed by atoms with Crippen molar-refractivity contribution < 1.29 is 4.79 Å². The van der Waals surface area contributed by atoms with Gasteiger partial charge in [0.25, 0.3) is 5.56 Å². The molecule has 0 unspecified atom stereocenters. The van der Waals surface area contributed by atoms with Crippen molar-refractivity contribution >= 4 is 22.6 Å². The molecule has 0 saturated carbocycles. The molecule has 0 aromatic carbocycles. The number of aryl methyl sites for hydroxylation is 1. The minimum atomic E-state index is -0.225. The lowest BCUT2D eigenvalue weighted by atomic mass is 10.4. The van der Waals surface area contributed by atoms with Crippen molar-refractivity contribution in [1.29, 1.82) is 0 Å². The summed E-state index contributed by atoms with van der Waals surface area (Å²) >= 11 is 1.39. The van der Waals surface area contributed by atoms with Gasteiger partial charge in [0.1, 0.15) is 10.7 Å². The van der Waals surface area contributed by atoms with E-state index in [4.69, 9.17) is 0 Å². The smallest absolute Gasteiger partial charge is 0.275 e. The van der Waals surface area contributed by atoms with Gasteiger partial charge in [0.15, 0.2) is 6.29 Å². The third kappa shape index (κ3) is 2.23. The third-order valence-electron chi connectivity index (χ3n) is 2.64. The van der Waals surface area contributed by atoms with Gasteiger partial charge in [-0.25, -0.2) is 9.67 Å². The second kappa shape index (κ2) is 4.93. The predicted octanol–water partition coefficient (Wildman–Crippen LogP) is 0.166. The van der Waals surface area contributed by atoms with Crippen molar-refractivity contribution in [2.45, 2.75) is 19.9 Å². The molecular formula is C11H10N6O2S. The minimum absolute atomic E-state index is 0.225. The number of carbonyl (C=O) groups is 1. The first-order valence-electron chi connectivity index (χ1n) is 5.93. The average molecular weight is 290 g/mol. The Labute approximate surface area is 116 Å². The van der Waals surface area contributed by atoms with E-state index in [0.717, 1.165) is 11.4 Å². The van der Waals surface area contributed by atoms with E-state index in [9.17, 15) is 9.59 Å². The molecule has 0 aliphatic rings. The number of carbonyl (C=O) groups excluding carboxylic acids is 1. The van der Waals surface area contributed by atoms with Crippen LogP contribution in [0.3, 0.4) is 0 Å². The number of hydrogen-bond acceptors (Lipinski definition) is 7. The summed E-state index contributed by atoms with van der Waals surface area (Å²) in [5, 5.41) is 12.5. The fourth-order valence-electron chi connectivity index (χ4n) is 1.73. The Morgan fingerprint density at radius 3 is 3.00 bits per heavy atom. The molecule has 3 aromatic heterocycles. The number of nitrogens with zero attached hydrogens (tertiary/aromatic N) is 6. The minimum Gasteiger partial charge on any atom is -0.296 e. The maximum atomic E-state index is 11.9. The topological polar surface area (TPSA) is 95.0 Å². The van der Waals surface area contributed by atoms with Crippen LogP contribution in [0.5, 0.6) is 0 Å². The highest BCUT2D eigenvalue weighted by Gasteiger charge is 2.09. The Morgan fingerprint density at radius 1 is 1.45 bits per heavy atom. The van der Waals surface area contributed by atoms with Gasteiger partial charge in [-0.05, 0) is 6.42 Å². The van der Waals surface area contributed by atoms with E-state index in [1.165, 1.54) is 32.8 Å². The summed E-state index contributed by atoms with van der Waals surface area (Å²) in [4.78, 5) is 27.4. The number of hydrogen-bond donors (Lipinski definition) is 0. The fourth-order valence-corrected chi connectivity index (χ4v) is 2.59. The van der Waals surface area contributed by atoms with Crippen LogP contribution >= 0.6 is 11.3 Å². The lowest BCUT2D eigenvalue weighted by Crippen LogP contribution is -2.17. The molecule has 102 valence electrons. The lowest BCUT2D eigenvalue weighted by molar-refractivity contribution is 0.111. The van der Waals surface area contributed by atoms with Gasteiger partial charge in [0.05, 0.1) is 18.4 Å². The molecule has 3 rings (SSSR count). The molecular weight excluding hydrogens is 280 g/mol. The van der Waals surface area contributed by atoms with Crippen molar-refractivity contribution in [2.24, 2.45) is 0 Å². The van der Waals surface area contributed by atoms with Gasteiger partial charge in [-0.3, -0.25) is 9.59 Å². The van der Waals surface area contributed by atoms with Gasteiger partial charge in [0, 0.05) is 6.07 Å². The lowest BCUT2D eigenvalue weighted by Gasteiger charge is -1.99. The van der Waals surface area contributed by atoms with Gasteiger partial charge in [-0.2, -0.15) is 9.61 Å². The van der Waals surface area contributed by atoms with Crippen molar-refractivity contribution in [2.75, 3.05) is 0 Å². The fraction of sp³-hybridized carbons (Fsp3) is 0.273. The third-order valence-corrected chi connectivity index (χ3v) is 3.70. The largest absolute Gasteiger partial charge is 0.296 e. The second-order valence-corrected chi connectivity index (χ2v) is 5.13. The van der Waals surface area contributed by atoms with Crippen LogP contribution in [-0.2, 0) is 13.0 Å². The van der Waals surface area contributed by atoms with E-state index in [1.807, 2.05) is 6.92 Å². The van der Waals surface area contributed by atoms with Gasteiger partial charge in [0.2, 0.25) is 4.96 Å². The SMILES string of the molecule is CCc1nn2c(=O)cc(Cn3cc(C=O)nn3)nc2s1. The average Bonchev–Trinajstić information content (AvgIpc) is 3.05. The zero-order valence-corrected chi connectivity index (χ0v) is 11.4. The summed E-state index contributed by atoms with van der Waals surface area (Å²) in [5.74, 6) is 0. The Kier molecular flexibility index (Phi) is 3.11. The maximum absolute atomic E-state index is 11.9. The van der Waals surface area contributed by atoms with Crippen LogP contribution < -0.4 is 5.56 Å². The Bertz CT molecular complexity index is 833. The summed E-state index contributed by atoms with van der Waals surface area (Å²) in [7, 11) is 0. The number of rotatable bonds is 4. The normalized spacial score (nSPS) is 11.1. The van der Waals surface area contributed by atoms with Gasteiger partial charge >= 0.3 is 0 Å². The molecule has 3 aromatic rings. The van der Waals surface area contributed by atoms with Crippen molar-refractivity contribution in [3.8, 4) is 0 Å². The van der Waals surface area contributed by atoms with Crippen LogP contribution in [0.4, 0.5) is 0 Å². The maximum Gasteiger partial charge on any atom is 0.275 e. The van der Waals surface area contributed by atoms with Gasteiger partial charge < -0.3 is 0 Å². The highest BCUT2D eigenvalue weighted by Crippen LogP contribution is 2.12. The Hall–Kier alpha value is -2.42. The Morgan fingerprint density at radius 2 is 2.30 bits per heavy atom. The molecule has 9 heteroatoms. The summed E-state index contributed by atoms with van der Waals surface area (Å²) in [5.41, 5.74) is 0.578. The summed E-state index contributed by atoms with van der Waals surface area (Å²) in [6, 6.07) is 1.41. The van der Waals surface area contributed by atoms with Crippen LogP contribution in [0.1, 0.15) is 28.1 Å². The molecule has 20 heavy (non-hydrogen) atoms. The van der Waals surface area contributed by atoms with E-state index in [2.05, 4.69) is 20.4 Å². The summed E-state index contributed by atoms with van der Waals surface area (Å²) in [6.45, 7) is 2.26. The Balaban J connectivity index is 1.99. The van der Waals surface area contributed by atoms with E-state index < -0.39 is 0 Å². The molecule has 8 nitrogen and oxygen atoms in total. The second-order valence-electron chi connectivity index (χ2n) is 4.09. The first-order chi connectivity index (χ1) is 9.69. The zero-order chi connectivity index (χ0) is 14.1. The van der Waals surface area contributed by atoms with Crippen LogP contribution in [-0.4, -0.2) is 35.9 Å². The van der Waals surface area contributed by atoms with Gasteiger partial charge in [-0.1, -0.05) is 23.5 Å². The molecule has 0 radical (unpaired) electrons.